The van der Waals surface area contributed by atoms with Gasteiger partial charge < -0.3 is 19.9 Å². The molecular formula is C18H19ClN4O4S. The number of nitrogens with one attached hydrogen (secondary N) is 1. The van der Waals surface area contributed by atoms with Crippen molar-refractivity contribution in [1.82, 2.24) is 4.90 Å². The molecule has 10 heteroatoms. The normalized spacial score (nSPS) is 20.9. The molecule has 148 valence electrons. The van der Waals surface area contributed by atoms with E-state index in [4.69, 9.17) is 16.3 Å². The number of nitrogens with zero attached hydrogens (tertiary/aromatic N) is 3. The molecule has 0 radical (unpaired) electrons. The minimum atomic E-state index is -3.58. The van der Waals surface area contributed by atoms with Gasteiger partial charge in [-0.15, -0.1) is 4.40 Å². The van der Waals surface area contributed by atoms with Crippen molar-refractivity contribution in [1.29, 1.82) is 0 Å². The van der Waals surface area contributed by atoms with Crippen LogP contribution in [0.15, 0.2) is 46.5 Å². The molecule has 0 bridgehead atoms. The van der Waals surface area contributed by atoms with Gasteiger partial charge in [-0.1, -0.05) is 17.7 Å². The second-order valence-electron chi connectivity index (χ2n) is 6.51. The Kier molecular flexibility index (Phi) is 5.13. The first-order valence-electron chi connectivity index (χ1n) is 8.85. The fraction of sp³-hybridized carbons (Fsp3) is 0.333. The van der Waals surface area contributed by atoms with Crippen LogP contribution >= 0.6 is 11.6 Å². The number of halogens is 1. The molecule has 3 heterocycles. The maximum Gasteiger partial charge on any atom is 0.259 e. The lowest BCUT2D eigenvalue weighted by atomic mass is 10.1. The SMILES string of the molecule is O=C(Nc1cccc(Cl)c1N1CCOCC1)C1=CC=CN2CCS(=O)(=O)N=C12. The number of anilines is 2. The monoisotopic (exact) mass is 422 g/mol. The van der Waals surface area contributed by atoms with Gasteiger partial charge in [0, 0.05) is 25.8 Å². The number of carbonyl (C=O) groups excluding carboxylic acids is 1. The molecule has 8 nitrogen and oxygen atoms in total. The van der Waals surface area contributed by atoms with Gasteiger partial charge in [0.1, 0.15) is 0 Å². The highest BCUT2D eigenvalue weighted by Crippen LogP contribution is 2.35. The zero-order valence-corrected chi connectivity index (χ0v) is 16.5. The highest BCUT2D eigenvalue weighted by atomic mass is 35.5. The predicted octanol–water partition coefficient (Wildman–Crippen LogP) is 1.61. The predicted molar refractivity (Wildman–Crippen MR) is 108 cm³/mol. The number of sulfonamides is 1. The molecule has 1 amide bonds. The molecule has 4 rings (SSSR count). The third-order valence-electron chi connectivity index (χ3n) is 4.66. The second kappa shape index (κ2) is 7.57. The standard InChI is InChI=1S/C18H19ClN4O4S/c19-14-4-1-5-15(16(14)22-7-10-27-11-8-22)20-18(24)13-3-2-6-23-9-12-28(25,26)21-17(13)23/h1-6H,7-12H2,(H,20,24). The number of ether oxygens (including phenoxy) is 1. The van der Waals surface area contributed by atoms with Gasteiger partial charge in [0.15, 0.2) is 5.84 Å². The second-order valence-corrected chi connectivity index (χ2v) is 8.67. The number of hydrogen-bond donors (Lipinski definition) is 1. The molecule has 0 atom stereocenters. The van der Waals surface area contributed by atoms with Gasteiger partial charge in [0.05, 0.1) is 40.9 Å². The van der Waals surface area contributed by atoms with E-state index in [0.717, 1.165) is 5.69 Å². The third kappa shape index (κ3) is 3.78. The molecule has 0 spiro atoms. The third-order valence-corrected chi connectivity index (χ3v) is 6.12. The van der Waals surface area contributed by atoms with Crippen molar-refractivity contribution in [3.05, 3.63) is 47.1 Å². The quantitative estimate of drug-likeness (QED) is 0.795. The summed E-state index contributed by atoms with van der Waals surface area (Å²) >= 11 is 6.41. The minimum Gasteiger partial charge on any atom is -0.378 e. The topological polar surface area (TPSA) is 91.3 Å². The number of amidine groups is 1. The summed E-state index contributed by atoms with van der Waals surface area (Å²) in [7, 11) is -3.58. The molecular weight excluding hydrogens is 404 g/mol. The lowest BCUT2D eigenvalue weighted by Crippen LogP contribution is -2.41. The van der Waals surface area contributed by atoms with E-state index < -0.39 is 15.9 Å². The van der Waals surface area contributed by atoms with Crippen molar-refractivity contribution in [2.24, 2.45) is 4.40 Å². The molecule has 1 fully saturated rings. The number of allylic oxidation sites excluding steroid dienone is 2. The van der Waals surface area contributed by atoms with E-state index in [9.17, 15) is 13.2 Å². The number of para-hydroxylation sites is 1. The number of fused-ring (bicyclic) bond motifs is 1. The van der Waals surface area contributed by atoms with Crippen molar-refractivity contribution in [2.45, 2.75) is 0 Å². The summed E-state index contributed by atoms with van der Waals surface area (Å²) < 4.78 is 33.0. The van der Waals surface area contributed by atoms with Gasteiger partial charge in [0.25, 0.3) is 15.9 Å². The van der Waals surface area contributed by atoms with Gasteiger partial charge in [-0.05, 0) is 24.3 Å². The fourth-order valence-corrected chi connectivity index (χ4v) is 4.59. The Morgan fingerprint density at radius 2 is 2.00 bits per heavy atom. The number of rotatable bonds is 3. The number of hydrogen-bond acceptors (Lipinski definition) is 6. The van der Waals surface area contributed by atoms with Crippen molar-refractivity contribution in [2.75, 3.05) is 48.8 Å². The molecule has 0 aliphatic carbocycles. The molecule has 0 saturated carbocycles. The summed E-state index contributed by atoms with van der Waals surface area (Å²) in [5, 5.41) is 3.39. The minimum absolute atomic E-state index is 0.0782. The number of morpholine rings is 1. The van der Waals surface area contributed by atoms with Crippen LogP contribution < -0.4 is 10.2 Å². The van der Waals surface area contributed by atoms with Gasteiger partial charge in [0.2, 0.25) is 0 Å². The molecule has 3 aliphatic heterocycles. The highest BCUT2D eigenvalue weighted by Gasteiger charge is 2.30. The van der Waals surface area contributed by atoms with Crippen LogP contribution in [0.1, 0.15) is 0 Å². The average molecular weight is 423 g/mol. The lowest BCUT2D eigenvalue weighted by Gasteiger charge is -2.32. The Morgan fingerprint density at radius 3 is 2.79 bits per heavy atom. The molecule has 1 N–H and O–H groups in total. The molecule has 1 saturated heterocycles. The van der Waals surface area contributed by atoms with E-state index in [0.29, 0.717) is 37.0 Å². The lowest BCUT2D eigenvalue weighted by molar-refractivity contribution is -0.112. The first-order chi connectivity index (χ1) is 13.4. The van der Waals surface area contributed by atoms with Crippen LogP contribution in [0.4, 0.5) is 11.4 Å². The van der Waals surface area contributed by atoms with Crippen molar-refractivity contribution in [3.63, 3.8) is 0 Å². The zero-order valence-electron chi connectivity index (χ0n) is 15.0. The fourth-order valence-electron chi connectivity index (χ4n) is 3.31. The van der Waals surface area contributed by atoms with Crippen LogP contribution in [0.3, 0.4) is 0 Å². The van der Waals surface area contributed by atoms with Crippen LogP contribution in [-0.4, -0.2) is 63.7 Å². The van der Waals surface area contributed by atoms with Crippen LogP contribution in [0, 0.1) is 0 Å². The van der Waals surface area contributed by atoms with Crippen molar-refractivity contribution < 1.29 is 17.9 Å². The van der Waals surface area contributed by atoms with E-state index in [2.05, 4.69) is 14.6 Å². The van der Waals surface area contributed by atoms with E-state index >= 15 is 0 Å². The zero-order chi connectivity index (χ0) is 19.7. The first kappa shape index (κ1) is 19.0. The van der Waals surface area contributed by atoms with E-state index in [1.807, 2.05) is 0 Å². The molecule has 0 unspecified atom stereocenters. The summed E-state index contributed by atoms with van der Waals surface area (Å²) in [6.45, 7) is 2.75. The molecule has 3 aliphatic rings. The van der Waals surface area contributed by atoms with Crippen LogP contribution in [0.2, 0.25) is 5.02 Å². The summed E-state index contributed by atoms with van der Waals surface area (Å²) in [6.07, 6.45) is 4.97. The highest BCUT2D eigenvalue weighted by molar-refractivity contribution is 7.90. The Balaban J connectivity index is 1.64. The summed E-state index contributed by atoms with van der Waals surface area (Å²) in [6, 6.07) is 5.29. The van der Waals surface area contributed by atoms with Gasteiger partial charge >= 0.3 is 0 Å². The Labute approximate surface area is 168 Å². The first-order valence-corrected chi connectivity index (χ1v) is 10.8. The van der Waals surface area contributed by atoms with E-state index in [1.54, 1.807) is 41.5 Å². The van der Waals surface area contributed by atoms with E-state index in [-0.39, 0.29) is 23.7 Å². The molecule has 1 aromatic carbocycles. The van der Waals surface area contributed by atoms with Gasteiger partial charge in [-0.3, -0.25) is 4.79 Å². The molecule has 1 aromatic rings. The van der Waals surface area contributed by atoms with Crippen LogP contribution in [0.5, 0.6) is 0 Å². The maximum absolute atomic E-state index is 13.0. The van der Waals surface area contributed by atoms with Crippen LogP contribution in [0.25, 0.3) is 0 Å². The van der Waals surface area contributed by atoms with Gasteiger partial charge in [-0.25, -0.2) is 8.42 Å². The molecule has 0 aromatic heterocycles. The average Bonchev–Trinajstić information content (AvgIpc) is 2.67. The summed E-state index contributed by atoms with van der Waals surface area (Å²) in [5.41, 5.74) is 1.47. The molecule has 28 heavy (non-hydrogen) atoms. The Hall–Kier alpha value is -2.36. The largest absolute Gasteiger partial charge is 0.378 e. The smallest absolute Gasteiger partial charge is 0.259 e. The maximum atomic E-state index is 13.0. The number of carbonyl (C=O) groups is 1. The number of amides is 1. The Morgan fingerprint density at radius 1 is 1.21 bits per heavy atom. The Bertz CT molecular complexity index is 997. The summed E-state index contributed by atoms with van der Waals surface area (Å²) in [4.78, 5) is 16.7. The van der Waals surface area contributed by atoms with Crippen molar-refractivity contribution in [3.8, 4) is 0 Å². The van der Waals surface area contributed by atoms with Gasteiger partial charge in [-0.2, -0.15) is 0 Å². The van der Waals surface area contributed by atoms with E-state index in [1.165, 1.54) is 0 Å². The van der Waals surface area contributed by atoms with Crippen LogP contribution in [-0.2, 0) is 19.6 Å². The number of benzene rings is 1. The van der Waals surface area contributed by atoms with Crippen molar-refractivity contribution >= 4 is 44.7 Å². The summed E-state index contributed by atoms with van der Waals surface area (Å²) in [5.74, 6) is -0.381.